The number of nitro benzene ring substituents is 1. The molecule has 0 radical (unpaired) electrons. The first-order chi connectivity index (χ1) is 7.95. The second-order valence-corrected chi connectivity index (χ2v) is 4.13. The van der Waals surface area contributed by atoms with E-state index in [9.17, 15) is 10.1 Å². The second kappa shape index (κ2) is 5.63. The Kier molecular flexibility index (Phi) is 4.45. The van der Waals surface area contributed by atoms with Crippen molar-refractivity contribution in [2.45, 2.75) is 32.9 Å². The van der Waals surface area contributed by atoms with Gasteiger partial charge in [-0.3, -0.25) is 10.1 Å². The SMILES string of the molecule is COC(C)C(C)Nc1ccc([N+](=O)[O-])cc1C. The Morgan fingerprint density at radius 2 is 2.06 bits per heavy atom. The lowest BCUT2D eigenvalue weighted by Gasteiger charge is -2.22. The first kappa shape index (κ1) is 13.4. The molecular weight excluding hydrogens is 220 g/mol. The maximum Gasteiger partial charge on any atom is 0.269 e. The summed E-state index contributed by atoms with van der Waals surface area (Å²) in [7, 11) is 1.66. The van der Waals surface area contributed by atoms with E-state index in [4.69, 9.17) is 4.74 Å². The molecule has 0 aromatic heterocycles. The highest BCUT2D eigenvalue weighted by molar-refractivity contribution is 5.55. The molecule has 5 nitrogen and oxygen atoms in total. The molecule has 94 valence electrons. The average Bonchev–Trinajstić information content (AvgIpc) is 2.30. The minimum Gasteiger partial charge on any atom is -0.380 e. The van der Waals surface area contributed by atoms with E-state index in [1.807, 2.05) is 20.8 Å². The van der Waals surface area contributed by atoms with Crippen molar-refractivity contribution in [3.8, 4) is 0 Å². The lowest BCUT2D eigenvalue weighted by atomic mass is 10.1. The summed E-state index contributed by atoms with van der Waals surface area (Å²) >= 11 is 0. The highest BCUT2D eigenvalue weighted by Crippen LogP contribution is 2.22. The maximum absolute atomic E-state index is 10.6. The molecule has 2 unspecified atom stereocenters. The number of non-ortho nitro benzene ring substituents is 1. The van der Waals surface area contributed by atoms with E-state index in [0.717, 1.165) is 11.3 Å². The molecule has 0 fully saturated rings. The highest BCUT2D eigenvalue weighted by Gasteiger charge is 2.13. The number of nitrogens with zero attached hydrogens (tertiary/aromatic N) is 1. The van der Waals surface area contributed by atoms with Crippen LogP contribution in [0.1, 0.15) is 19.4 Å². The van der Waals surface area contributed by atoms with Gasteiger partial charge in [-0.05, 0) is 32.4 Å². The number of anilines is 1. The number of nitro groups is 1. The first-order valence-corrected chi connectivity index (χ1v) is 5.50. The van der Waals surface area contributed by atoms with Gasteiger partial charge in [0.15, 0.2) is 0 Å². The molecule has 0 aliphatic rings. The van der Waals surface area contributed by atoms with Crippen molar-refractivity contribution in [3.63, 3.8) is 0 Å². The van der Waals surface area contributed by atoms with Crippen LogP contribution in [0.25, 0.3) is 0 Å². The van der Waals surface area contributed by atoms with Crippen molar-refractivity contribution >= 4 is 11.4 Å². The molecule has 0 aliphatic heterocycles. The Bertz CT molecular complexity index is 407. The fraction of sp³-hybridized carbons (Fsp3) is 0.500. The Hall–Kier alpha value is -1.62. The molecule has 0 amide bonds. The molecule has 1 aromatic rings. The molecular formula is C12H18N2O3. The van der Waals surface area contributed by atoms with E-state index < -0.39 is 4.92 Å². The van der Waals surface area contributed by atoms with Gasteiger partial charge in [0.25, 0.3) is 5.69 Å². The summed E-state index contributed by atoms with van der Waals surface area (Å²) in [5.74, 6) is 0. The van der Waals surface area contributed by atoms with Crippen LogP contribution in [-0.2, 0) is 4.74 Å². The molecule has 17 heavy (non-hydrogen) atoms. The predicted octanol–water partition coefficient (Wildman–Crippen LogP) is 2.74. The molecule has 0 bridgehead atoms. The van der Waals surface area contributed by atoms with Crippen molar-refractivity contribution in [2.75, 3.05) is 12.4 Å². The molecule has 0 saturated carbocycles. The van der Waals surface area contributed by atoms with E-state index in [-0.39, 0.29) is 17.8 Å². The van der Waals surface area contributed by atoms with Crippen molar-refractivity contribution in [3.05, 3.63) is 33.9 Å². The van der Waals surface area contributed by atoms with Gasteiger partial charge in [-0.2, -0.15) is 0 Å². The molecule has 2 atom stereocenters. The molecule has 0 heterocycles. The van der Waals surface area contributed by atoms with Crippen molar-refractivity contribution in [2.24, 2.45) is 0 Å². The van der Waals surface area contributed by atoms with Gasteiger partial charge in [0.1, 0.15) is 0 Å². The summed E-state index contributed by atoms with van der Waals surface area (Å²) in [5.41, 5.74) is 1.86. The third kappa shape index (κ3) is 3.42. The summed E-state index contributed by atoms with van der Waals surface area (Å²) in [6, 6.07) is 4.93. The third-order valence-corrected chi connectivity index (χ3v) is 2.88. The van der Waals surface area contributed by atoms with Crippen LogP contribution in [0.15, 0.2) is 18.2 Å². The zero-order valence-electron chi connectivity index (χ0n) is 10.6. The number of nitrogens with one attached hydrogen (secondary N) is 1. The Balaban J connectivity index is 2.82. The third-order valence-electron chi connectivity index (χ3n) is 2.88. The van der Waals surface area contributed by atoms with Gasteiger partial charge in [-0.1, -0.05) is 0 Å². The molecule has 0 aliphatic carbocycles. The number of aryl methyl sites for hydroxylation is 1. The largest absolute Gasteiger partial charge is 0.380 e. The molecule has 0 saturated heterocycles. The maximum atomic E-state index is 10.6. The Morgan fingerprint density at radius 1 is 1.41 bits per heavy atom. The normalized spacial score (nSPS) is 14.1. The first-order valence-electron chi connectivity index (χ1n) is 5.50. The smallest absolute Gasteiger partial charge is 0.269 e. The summed E-state index contributed by atoms with van der Waals surface area (Å²) in [6.45, 7) is 5.83. The zero-order chi connectivity index (χ0) is 13.0. The van der Waals surface area contributed by atoms with E-state index >= 15 is 0 Å². The van der Waals surface area contributed by atoms with Crippen LogP contribution < -0.4 is 5.32 Å². The molecule has 1 N–H and O–H groups in total. The van der Waals surface area contributed by atoms with Crippen LogP contribution in [0.2, 0.25) is 0 Å². The fourth-order valence-electron chi connectivity index (χ4n) is 1.49. The monoisotopic (exact) mass is 238 g/mol. The van der Waals surface area contributed by atoms with Crippen LogP contribution in [0.4, 0.5) is 11.4 Å². The molecule has 0 spiro atoms. The number of hydrogen-bond donors (Lipinski definition) is 1. The molecule has 5 heteroatoms. The van der Waals surface area contributed by atoms with Gasteiger partial charge in [-0.15, -0.1) is 0 Å². The number of ether oxygens (including phenoxy) is 1. The standard InChI is InChI=1S/C12H18N2O3/c1-8-7-11(14(15)16)5-6-12(8)13-9(2)10(3)17-4/h5-7,9-10,13H,1-4H3. The number of methoxy groups -OCH3 is 1. The summed E-state index contributed by atoms with van der Waals surface area (Å²) in [4.78, 5) is 10.2. The van der Waals surface area contributed by atoms with E-state index in [2.05, 4.69) is 5.32 Å². The summed E-state index contributed by atoms with van der Waals surface area (Å²) < 4.78 is 5.22. The summed E-state index contributed by atoms with van der Waals surface area (Å²) in [5, 5.41) is 13.9. The Labute approximate surface area is 101 Å². The average molecular weight is 238 g/mol. The number of benzene rings is 1. The van der Waals surface area contributed by atoms with Gasteiger partial charge in [0.05, 0.1) is 11.0 Å². The van der Waals surface area contributed by atoms with Crippen molar-refractivity contribution < 1.29 is 9.66 Å². The van der Waals surface area contributed by atoms with E-state index in [0.29, 0.717) is 0 Å². The zero-order valence-corrected chi connectivity index (χ0v) is 10.6. The highest BCUT2D eigenvalue weighted by atomic mass is 16.6. The van der Waals surface area contributed by atoms with Gasteiger partial charge < -0.3 is 10.1 Å². The van der Waals surface area contributed by atoms with Crippen LogP contribution in [-0.4, -0.2) is 24.2 Å². The van der Waals surface area contributed by atoms with Gasteiger partial charge in [-0.25, -0.2) is 0 Å². The minimum absolute atomic E-state index is 0.0737. The van der Waals surface area contributed by atoms with Crippen molar-refractivity contribution in [1.82, 2.24) is 0 Å². The van der Waals surface area contributed by atoms with Crippen LogP contribution in [0.3, 0.4) is 0 Å². The van der Waals surface area contributed by atoms with Gasteiger partial charge in [0, 0.05) is 31.0 Å². The van der Waals surface area contributed by atoms with Crippen molar-refractivity contribution in [1.29, 1.82) is 0 Å². The number of rotatable bonds is 5. The number of hydrogen-bond acceptors (Lipinski definition) is 4. The Morgan fingerprint density at radius 3 is 2.53 bits per heavy atom. The molecule has 1 rings (SSSR count). The van der Waals surface area contributed by atoms with Crippen LogP contribution >= 0.6 is 0 Å². The van der Waals surface area contributed by atoms with E-state index in [1.54, 1.807) is 19.2 Å². The quantitative estimate of drug-likeness (QED) is 0.632. The van der Waals surface area contributed by atoms with Gasteiger partial charge in [0.2, 0.25) is 0 Å². The topological polar surface area (TPSA) is 64.4 Å². The van der Waals surface area contributed by atoms with Crippen LogP contribution in [0.5, 0.6) is 0 Å². The lowest BCUT2D eigenvalue weighted by molar-refractivity contribution is -0.384. The van der Waals surface area contributed by atoms with E-state index in [1.165, 1.54) is 6.07 Å². The lowest BCUT2D eigenvalue weighted by Crippen LogP contribution is -2.29. The predicted molar refractivity (Wildman–Crippen MR) is 67.4 cm³/mol. The summed E-state index contributed by atoms with van der Waals surface area (Å²) in [6.07, 6.45) is 0.0737. The molecule has 1 aromatic carbocycles. The van der Waals surface area contributed by atoms with Gasteiger partial charge >= 0.3 is 0 Å². The second-order valence-electron chi connectivity index (χ2n) is 4.13. The minimum atomic E-state index is -0.391. The van der Waals surface area contributed by atoms with Crippen LogP contribution in [0, 0.1) is 17.0 Å². The fourth-order valence-corrected chi connectivity index (χ4v) is 1.49.